The number of nitrogens with one attached hydrogen (secondary N) is 1. The fourth-order valence-electron chi connectivity index (χ4n) is 2.60. The number of morpholine rings is 1. The minimum atomic E-state index is -0.158. The maximum atomic E-state index is 12.7. The molecule has 0 bridgehead atoms. The first kappa shape index (κ1) is 19.7. The Morgan fingerprint density at radius 2 is 2.04 bits per heavy atom. The topological polar surface area (TPSA) is 85.8 Å². The highest BCUT2D eigenvalue weighted by atomic mass is 79.9. The molecule has 0 unspecified atom stereocenters. The molecule has 0 aliphatic carbocycles. The number of anilines is 2. The van der Waals surface area contributed by atoms with Crippen LogP contribution in [-0.4, -0.2) is 61.3 Å². The molecule has 1 aliphatic heterocycles. The normalized spacial score (nSPS) is 14.0. The molecule has 0 radical (unpaired) electrons. The number of hydrogen-bond acceptors (Lipinski definition) is 7. The Morgan fingerprint density at radius 1 is 1.30 bits per heavy atom. The third-order valence-electron chi connectivity index (χ3n) is 3.97. The molecule has 3 rings (SSSR count). The Balaban J connectivity index is 1.88. The zero-order valence-electron chi connectivity index (χ0n) is 14.8. The molecular formula is C17H18BrClN4O4. The van der Waals surface area contributed by atoms with Gasteiger partial charge < -0.3 is 24.4 Å². The number of halogens is 2. The summed E-state index contributed by atoms with van der Waals surface area (Å²) in [7, 11) is 3.03. The Bertz CT molecular complexity index is 846. The van der Waals surface area contributed by atoms with Gasteiger partial charge in [-0.3, -0.25) is 4.79 Å². The van der Waals surface area contributed by atoms with E-state index in [4.69, 9.17) is 25.8 Å². The molecule has 2 heterocycles. The Labute approximate surface area is 169 Å². The molecule has 1 fully saturated rings. The number of methoxy groups -OCH3 is 2. The van der Waals surface area contributed by atoms with Crippen LogP contribution >= 0.6 is 27.5 Å². The van der Waals surface area contributed by atoms with Crippen molar-refractivity contribution >= 4 is 45.1 Å². The van der Waals surface area contributed by atoms with E-state index in [-0.39, 0.29) is 5.91 Å². The SMILES string of the molecule is COc1cc(C(=O)N2CCOCC2)c(Cl)cc1Nc1ncc(Br)c(OC)n1. The van der Waals surface area contributed by atoms with E-state index >= 15 is 0 Å². The zero-order chi connectivity index (χ0) is 19.4. The van der Waals surface area contributed by atoms with Gasteiger partial charge in [-0.15, -0.1) is 0 Å². The first-order valence-corrected chi connectivity index (χ1v) is 9.28. The third kappa shape index (κ3) is 4.42. The maximum absolute atomic E-state index is 12.7. The number of aromatic nitrogens is 2. The van der Waals surface area contributed by atoms with Gasteiger partial charge in [0.25, 0.3) is 5.91 Å². The molecule has 8 nitrogen and oxygen atoms in total. The van der Waals surface area contributed by atoms with Gasteiger partial charge in [0.15, 0.2) is 0 Å². The van der Waals surface area contributed by atoms with Crippen molar-refractivity contribution in [1.29, 1.82) is 0 Å². The molecule has 1 aromatic heterocycles. The molecule has 0 atom stereocenters. The highest BCUT2D eigenvalue weighted by Gasteiger charge is 2.23. The lowest BCUT2D eigenvalue weighted by molar-refractivity contribution is 0.0303. The van der Waals surface area contributed by atoms with Crippen molar-refractivity contribution < 1.29 is 19.0 Å². The van der Waals surface area contributed by atoms with E-state index in [1.807, 2.05) is 0 Å². The van der Waals surface area contributed by atoms with E-state index < -0.39 is 0 Å². The summed E-state index contributed by atoms with van der Waals surface area (Å²) >= 11 is 9.68. The molecule has 1 aliphatic rings. The van der Waals surface area contributed by atoms with Gasteiger partial charge in [-0.2, -0.15) is 4.98 Å². The summed E-state index contributed by atoms with van der Waals surface area (Å²) in [4.78, 5) is 22.9. The van der Waals surface area contributed by atoms with Crippen LogP contribution in [0.5, 0.6) is 11.6 Å². The van der Waals surface area contributed by atoms with Crippen molar-refractivity contribution in [2.45, 2.75) is 0 Å². The summed E-state index contributed by atoms with van der Waals surface area (Å²) in [6.45, 7) is 2.10. The standard InChI is InChI=1S/C17H18BrClN4O4/c1-25-14-7-10(16(24)23-3-5-27-6-4-23)12(19)8-13(14)21-17-20-9-11(18)15(22-17)26-2/h7-9H,3-6H2,1-2H3,(H,20,21,22). The summed E-state index contributed by atoms with van der Waals surface area (Å²) in [5.74, 6) is 0.976. The fourth-order valence-corrected chi connectivity index (χ4v) is 3.19. The van der Waals surface area contributed by atoms with Crippen molar-refractivity contribution in [3.05, 3.63) is 33.4 Å². The van der Waals surface area contributed by atoms with Gasteiger partial charge in [0.1, 0.15) is 5.75 Å². The van der Waals surface area contributed by atoms with Crippen molar-refractivity contribution in [3.8, 4) is 11.6 Å². The zero-order valence-corrected chi connectivity index (χ0v) is 17.1. The van der Waals surface area contributed by atoms with Gasteiger partial charge in [0, 0.05) is 13.1 Å². The average molecular weight is 458 g/mol. The van der Waals surface area contributed by atoms with Crippen molar-refractivity contribution in [3.63, 3.8) is 0 Å². The van der Waals surface area contributed by atoms with Gasteiger partial charge in [0.2, 0.25) is 11.8 Å². The van der Waals surface area contributed by atoms with Gasteiger partial charge in [-0.1, -0.05) is 11.6 Å². The first-order valence-electron chi connectivity index (χ1n) is 8.11. The lowest BCUT2D eigenvalue weighted by Gasteiger charge is -2.27. The predicted molar refractivity (Wildman–Crippen MR) is 104 cm³/mol. The van der Waals surface area contributed by atoms with Gasteiger partial charge >= 0.3 is 0 Å². The van der Waals surface area contributed by atoms with Gasteiger partial charge in [-0.25, -0.2) is 4.98 Å². The molecule has 144 valence electrons. The Kier molecular flexibility index (Phi) is 6.35. The van der Waals surface area contributed by atoms with Gasteiger partial charge in [0.05, 0.1) is 54.4 Å². The lowest BCUT2D eigenvalue weighted by Crippen LogP contribution is -2.40. The van der Waals surface area contributed by atoms with E-state index in [2.05, 4.69) is 31.2 Å². The van der Waals surface area contributed by atoms with E-state index in [0.29, 0.717) is 64.6 Å². The van der Waals surface area contributed by atoms with Crippen LogP contribution in [0.25, 0.3) is 0 Å². The molecule has 1 aromatic carbocycles. The molecule has 1 saturated heterocycles. The summed E-state index contributed by atoms with van der Waals surface area (Å²) < 4.78 is 16.5. The minimum absolute atomic E-state index is 0.158. The number of rotatable bonds is 5. The van der Waals surface area contributed by atoms with Gasteiger partial charge in [-0.05, 0) is 28.1 Å². The quantitative estimate of drug-likeness (QED) is 0.738. The van der Waals surface area contributed by atoms with Crippen molar-refractivity contribution in [1.82, 2.24) is 14.9 Å². The number of hydrogen-bond donors (Lipinski definition) is 1. The van der Waals surface area contributed by atoms with E-state index in [1.54, 1.807) is 23.2 Å². The highest BCUT2D eigenvalue weighted by Crippen LogP contribution is 2.34. The van der Waals surface area contributed by atoms with Crippen LogP contribution in [0.2, 0.25) is 5.02 Å². The van der Waals surface area contributed by atoms with Crippen molar-refractivity contribution in [2.75, 3.05) is 45.8 Å². The largest absolute Gasteiger partial charge is 0.495 e. The minimum Gasteiger partial charge on any atom is -0.495 e. The lowest BCUT2D eigenvalue weighted by atomic mass is 10.1. The Morgan fingerprint density at radius 3 is 2.70 bits per heavy atom. The summed E-state index contributed by atoms with van der Waals surface area (Å²) in [5, 5.41) is 3.34. The molecule has 2 aromatic rings. The summed E-state index contributed by atoms with van der Waals surface area (Å²) in [5.41, 5.74) is 0.903. The second-order valence-electron chi connectivity index (χ2n) is 5.61. The van der Waals surface area contributed by atoms with Crippen LogP contribution in [0.4, 0.5) is 11.6 Å². The summed E-state index contributed by atoms with van der Waals surface area (Å²) in [6, 6.07) is 3.23. The summed E-state index contributed by atoms with van der Waals surface area (Å²) in [6.07, 6.45) is 1.57. The fraction of sp³-hybridized carbons (Fsp3) is 0.353. The molecule has 27 heavy (non-hydrogen) atoms. The number of nitrogens with zero attached hydrogens (tertiary/aromatic N) is 3. The predicted octanol–water partition coefficient (Wildman–Crippen LogP) is 3.13. The molecule has 10 heteroatoms. The molecular weight excluding hydrogens is 440 g/mol. The second kappa shape index (κ2) is 8.73. The molecule has 1 N–H and O–H groups in total. The third-order valence-corrected chi connectivity index (χ3v) is 4.83. The van der Waals surface area contributed by atoms with Crippen LogP contribution in [0, 0.1) is 0 Å². The second-order valence-corrected chi connectivity index (χ2v) is 6.87. The van der Waals surface area contributed by atoms with Crippen LogP contribution in [0.15, 0.2) is 22.8 Å². The monoisotopic (exact) mass is 456 g/mol. The van der Waals surface area contributed by atoms with Crippen LogP contribution in [-0.2, 0) is 4.74 Å². The first-order chi connectivity index (χ1) is 13.0. The number of amides is 1. The average Bonchev–Trinajstić information content (AvgIpc) is 2.70. The smallest absolute Gasteiger partial charge is 0.255 e. The van der Waals surface area contributed by atoms with Crippen LogP contribution in [0.1, 0.15) is 10.4 Å². The number of ether oxygens (including phenoxy) is 3. The Hall–Kier alpha value is -2.10. The molecule has 0 saturated carbocycles. The van der Waals surface area contributed by atoms with Crippen LogP contribution in [0.3, 0.4) is 0 Å². The molecule has 1 amide bonds. The van der Waals surface area contributed by atoms with E-state index in [0.717, 1.165) is 0 Å². The number of carbonyl (C=O) groups excluding carboxylic acids is 1. The number of benzene rings is 1. The molecule has 0 spiro atoms. The van der Waals surface area contributed by atoms with Crippen molar-refractivity contribution in [2.24, 2.45) is 0 Å². The highest BCUT2D eigenvalue weighted by molar-refractivity contribution is 9.10. The maximum Gasteiger partial charge on any atom is 0.255 e. The van der Waals surface area contributed by atoms with Crippen LogP contribution < -0.4 is 14.8 Å². The number of carbonyl (C=O) groups is 1. The van der Waals surface area contributed by atoms with E-state index in [1.165, 1.54) is 14.2 Å². The van der Waals surface area contributed by atoms with E-state index in [9.17, 15) is 4.79 Å².